The molecule has 23 heavy (non-hydrogen) atoms. The van der Waals surface area contributed by atoms with Crippen LogP contribution in [0.1, 0.15) is 24.1 Å². The monoisotopic (exact) mass is 337 g/mol. The van der Waals surface area contributed by atoms with Crippen LogP contribution in [0.4, 0.5) is 4.39 Å². The summed E-state index contributed by atoms with van der Waals surface area (Å²) in [5, 5.41) is 6.98. The van der Waals surface area contributed by atoms with Gasteiger partial charge in [-0.1, -0.05) is 12.1 Å². The van der Waals surface area contributed by atoms with Crippen LogP contribution in [0.25, 0.3) is 0 Å². The maximum Gasteiger partial charge on any atom is 0.245 e. The Balaban J connectivity index is 1.78. The van der Waals surface area contributed by atoms with E-state index >= 15 is 0 Å². The Morgan fingerprint density at radius 2 is 2.17 bits per heavy atom. The summed E-state index contributed by atoms with van der Waals surface area (Å²) in [6, 6.07) is 5.55. The van der Waals surface area contributed by atoms with E-state index in [1.165, 1.54) is 22.5 Å². The zero-order valence-corrected chi connectivity index (χ0v) is 13.8. The molecule has 0 spiro atoms. The Morgan fingerprint density at radius 1 is 1.39 bits per heavy atom. The molecule has 2 heterocycles. The van der Waals surface area contributed by atoms with Gasteiger partial charge in [0.1, 0.15) is 10.7 Å². The fourth-order valence-electron chi connectivity index (χ4n) is 3.07. The van der Waals surface area contributed by atoms with Crippen molar-refractivity contribution in [1.82, 2.24) is 14.5 Å². The highest BCUT2D eigenvalue weighted by Gasteiger charge is 2.32. The van der Waals surface area contributed by atoms with Gasteiger partial charge in [0.2, 0.25) is 10.0 Å². The van der Waals surface area contributed by atoms with Crippen LogP contribution >= 0.6 is 0 Å². The molecule has 0 amide bonds. The van der Waals surface area contributed by atoms with Crippen molar-refractivity contribution in [3.63, 3.8) is 0 Å². The topological polar surface area (TPSA) is 66.1 Å². The average molecular weight is 337 g/mol. The summed E-state index contributed by atoms with van der Waals surface area (Å²) in [6.45, 7) is 2.83. The summed E-state index contributed by atoms with van der Waals surface area (Å²) in [5.74, 6) is -0.483. The molecule has 0 saturated carbocycles. The number of hydrogen-bond donors (Lipinski definition) is 1. The third kappa shape index (κ3) is 3.30. The quantitative estimate of drug-likeness (QED) is 0.932. The van der Waals surface area contributed by atoms with Gasteiger partial charge in [0.05, 0.1) is 6.20 Å². The van der Waals surface area contributed by atoms with E-state index < -0.39 is 15.8 Å². The number of hydrogen-bond acceptors (Lipinski definition) is 3. The molecular formula is C16H20FN3O2S. The van der Waals surface area contributed by atoms with E-state index in [0.717, 1.165) is 30.5 Å². The molecule has 2 aromatic rings. The van der Waals surface area contributed by atoms with Gasteiger partial charge >= 0.3 is 0 Å². The zero-order chi connectivity index (χ0) is 16.4. The number of aromatic nitrogens is 2. The van der Waals surface area contributed by atoms with Crippen molar-refractivity contribution in [3.05, 3.63) is 47.5 Å². The number of piperidine rings is 1. The van der Waals surface area contributed by atoms with Gasteiger partial charge in [-0.25, -0.2) is 12.8 Å². The molecule has 5 nitrogen and oxygen atoms in total. The summed E-state index contributed by atoms with van der Waals surface area (Å²) in [7, 11) is -3.78. The first-order valence-corrected chi connectivity index (χ1v) is 9.16. The van der Waals surface area contributed by atoms with Gasteiger partial charge in [-0.3, -0.25) is 5.10 Å². The predicted molar refractivity (Wildman–Crippen MR) is 84.9 cm³/mol. The number of rotatable bonds is 4. The van der Waals surface area contributed by atoms with Crippen LogP contribution in [0.5, 0.6) is 0 Å². The van der Waals surface area contributed by atoms with Gasteiger partial charge in [-0.05, 0) is 49.8 Å². The number of benzene rings is 1. The van der Waals surface area contributed by atoms with Gasteiger partial charge < -0.3 is 0 Å². The Labute approximate surface area is 135 Å². The second kappa shape index (κ2) is 6.41. The van der Waals surface area contributed by atoms with E-state index in [-0.39, 0.29) is 10.8 Å². The summed E-state index contributed by atoms with van der Waals surface area (Å²) in [6.07, 6.45) is 4.27. The van der Waals surface area contributed by atoms with Crippen molar-refractivity contribution in [2.24, 2.45) is 5.92 Å². The normalized spacial score (nSPS) is 19.8. The van der Waals surface area contributed by atoms with Crippen molar-refractivity contribution in [2.75, 3.05) is 13.1 Å². The number of nitrogens with one attached hydrogen (secondary N) is 1. The number of aromatic amines is 1. The third-order valence-electron chi connectivity index (χ3n) is 4.36. The van der Waals surface area contributed by atoms with Crippen LogP contribution in [-0.2, 0) is 16.4 Å². The minimum absolute atomic E-state index is 0.212. The second-order valence-electron chi connectivity index (χ2n) is 6.04. The predicted octanol–water partition coefficient (Wildman–Crippen LogP) is 2.50. The first-order valence-electron chi connectivity index (χ1n) is 7.72. The zero-order valence-electron chi connectivity index (χ0n) is 13.0. The molecule has 0 unspecified atom stereocenters. The highest BCUT2D eigenvalue weighted by Crippen LogP contribution is 2.27. The number of aryl methyl sites for hydroxylation is 1. The smallest absolute Gasteiger partial charge is 0.245 e. The Kier molecular flexibility index (Phi) is 4.50. The molecule has 0 aliphatic carbocycles. The molecule has 3 rings (SSSR count). The van der Waals surface area contributed by atoms with Crippen LogP contribution in [-0.4, -0.2) is 36.0 Å². The molecule has 0 bridgehead atoms. The average Bonchev–Trinajstić information content (AvgIpc) is 2.93. The molecule has 1 fully saturated rings. The lowest BCUT2D eigenvalue weighted by atomic mass is 9.94. The first kappa shape index (κ1) is 16.1. The highest BCUT2D eigenvalue weighted by molar-refractivity contribution is 7.89. The fourth-order valence-corrected chi connectivity index (χ4v) is 4.69. The van der Waals surface area contributed by atoms with E-state index in [2.05, 4.69) is 10.2 Å². The lowest BCUT2D eigenvalue weighted by Gasteiger charge is -2.32. The minimum Gasteiger partial charge on any atom is -0.282 e. The molecule has 1 aromatic heterocycles. The fraction of sp³-hybridized carbons (Fsp3) is 0.438. The summed E-state index contributed by atoms with van der Waals surface area (Å²) >= 11 is 0. The molecule has 1 aliphatic heterocycles. The molecule has 1 aliphatic rings. The molecular weight excluding hydrogens is 317 g/mol. The number of sulfonamides is 1. The van der Waals surface area contributed by atoms with Crippen LogP contribution in [0, 0.1) is 18.7 Å². The molecule has 1 N–H and O–H groups in total. The van der Waals surface area contributed by atoms with Crippen LogP contribution in [0.15, 0.2) is 35.4 Å². The highest BCUT2D eigenvalue weighted by atomic mass is 32.2. The van der Waals surface area contributed by atoms with Gasteiger partial charge in [0.15, 0.2) is 0 Å². The standard InChI is InChI=1S/C16H20FN3O2S/c1-12-10-18-19-15(12)9-13-5-4-8-20(11-13)23(21,22)16-7-3-2-6-14(16)17/h2-3,6-7,10,13H,4-5,8-9,11H2,1H3,(H,18,19)/t13-/m1/s1. The Bertz CT molecular complexity index is 788. The van der Waals surface area contributed by atoms with E-state index in [1.54, 1.807) is 12.3 Å². The lowest BCUT2D eigenvalue weighted by molar-refractivity contribution is 0.263. The van der Waals surface area contributed by atoms with Crippen molar-refractivity contribution in [3.8, 4) is 0 Å². The summed E-state index contributed by atoms with van der Waals surface area (Å²) in [5.41, 5.74) is 2.12. The maximum absolute atomic E-state index is 13.9. The maximum atomic E-state index is 13.9. The van der Waals surface area contributed by atoms with Gasteiger partial charge in [0.25, 0.3) is 0 Å². The Hall–Kier alpha value is -1.73. The van der Waals surface area contributed by atoms with E-state index in [0.29, 0.717) is 13.1 Å². The first-order chi connectivity index (χ1) is 11.0. The van der Waals surface area contributed by atoms with Crippen molar-refractivity contribution >= 4 is 10.0 Å². The molecule has 0 radical (unpaired) electrons. The van der Waals surface area contributed by atoms with E-state index in [1.807, 2.05) is 6.92 Å². The van der Waals surface area contributed by atoms with E-state index in [9.17, 15) is 12.8 Å². The number of halogens is 1. The SMILES string of the molecule is Cc1cn[nH]c1C[C@H]1CCCN(S(=O)(=O)c2ccccc2F)C1. The molecule has 1 atom stereocenters. The Morgan fingerprint density at radius 3 is 2.87 bits per heavy atom. The largest absolute Gasteiger partial charge is 0.282 e. The van der Waals surface area contributed by atoms with E-state index in [4.69, 9.17) is 0 Å². The van der Waals surface area contributed by atoms with Crippen LogP contribution < -0.4 is 0 Å². The van der Waals surface area contributed by atoms with Gasteiger partial charge in [-0.15, -0.1) is 0 Å². The molecule has 7 heteroatoms. The third-order valence-corrected chi connectivity index (χ3v) is 6.26. The molecule has 1 saturated heterocycles. The summed E-state index contributed by atoms with van der Waals surface area (Å²) < 4.78 is 40.7. The molecule has 124 valence electrons. The van der Waals surface area contributed by atoms with Gasteiger partial charge in [0, 0.05) is 18.8 Å². The summed E-state index contributed by atoms with van der Waals surface area (Å²) in [4.78, 5) is -0.238. The van der Waals surface area contributed by atoms with Gasteiger partial charge in [-0.2, -0.15) is 9.40 Å². The number of H-pyrrole nitrogens is 1. The minimum atomic E-state index is -3.78. The number of nitrogens with zero attached hydrogens (tertiary/aromatic N) is 2. The second-order valence-corrected chi connectivity index (χ2v) is 7.94. The van der Waals surface area contributed by atoms with Crippen molar-refractivity contribution < 1.29 is 12.8 Å². The lowest BCUT2D eigenvalue weighted by Crippen LogP contribution is -2.40. The molecule has 1 aromatic carbocycles. The van der Waals surface area contributed by atoms with Crippen molar-refractivity contribution in [1.29, 1.82) is 0 Å². The van der Waals surface area contributed by atoms with Crippen LogP contribution in [0.3, 0.4) is 0 Å². The van der Waals surface area contributed by atoms with Crippen LogP contribution in [0.2, 0.25) is 0 Å². The van der Waals surface area contributed by atoms with Crippen molar-refractivity contribution in [2.45, 2.75) is 31.1 Å².